The van der Waals surface area contributed by atoms with Gasteiger partial charge in [0.15, 0.2) is 0 Å². The highest BCUT2D eigenvalue weighted by molar-refractivity contribution is 5.78. The molecule has 0 saturated carbocycles. The van der Waals surface area contributed by atoms with Crippen LogP contribution in [0.2, 0.25) is 0 Å². The van der Waals surface area contributed by atoms with E-state index < -0.39 is 17.9 Å². The predicted molar refractivity (Wildman–Crippen MR) is 109 cm³/mol. The summed E-state index contributed by atoms with van der Waals surface area (Å²) in [6, 6.07) is 15.5. The molecule has 0 spiro atoms. The van der Waals surface area contributed by atoms with Crippen LogP contribution in [0.4, 0.5) is 0 Å². The summed E-state index contributed by atoms with van der Waals surface area (Å²) in [6.07, 6.45) is 1.13. The van der Waals surface area contributed by atoms with E-state index in [2.05, 4.69) is 15.3 Å². The Morgan fingerprint density at radius 3 is 2.52 bits per heavy atom. The molecule has 0 bridgehead atoms. The maximum absolute atomic E-state index is 12.4. The molecule has 7 nitrogen and oxygen atoms in total. The van der Waals surface area contributed by atoms with Crippen LogP contribution in [0.15, 0.2) is 59.4 Å². The molecule has 0 radical (unpaired) electrons. The van der Waals surface area contributed by atoms with Gasteiger partial charge in [0.1, 0.15) is 5.82 Å². The van der Waals surface area contributed by atoms with Gasteiger partial charge in [0, 0.05) is 12.8 Å². The zero-order chi connectivity index (χ0) is 20.8. The molecule has 1 heterocycles. The van der Waals surface area contributed by atoms with Crippen LogP contribution in [0.25, 0.3) is 10.9 Å². The van der Waals surface area contributed by atoms with Crippen molar-refractivity contribution in [2.75, 3.05) is 0 Å². The summed E-state index contributed by atoms with van der Waals surface area (Å²) < 4.78 is 0. The molecule has 150 valence electrons. The number of aromatic amines is 1. The molecule has 3 N–H and O–H groups in total. The van der Waals surface area contributed by atoms with Gasteiger partial charge in [-0.2, -0.15) is 0 Å². The van der Waals surface area contributed by atoms with Crippen molar-refractivity contribution in [3.63, 3.8) is 0 Å². The number of hydrogen-bond donors (Lipinski definition) is 3. The summed E-state index contributed by atoms with van der Waals surface area (Å²) in [7, 11) is 0. The maximum Gasteiger partial charge on any atom is 0.308 e. The van der Waals surface area contributed by atoms with Gasteiger partial charge in [0.2, 0.25) is 5.91 Å². The second-order valence-electron chi connectivity index (χ2n) is 6.97. The number of hydrogen-bond acceptors (Lipinski definition) is 4. The average molecular weight is 393 g/mol. The van der Waals surface area contributed by atoms with Crippen LogP contribution in [0.5, 0.6) is 0 Å². The third kappa shape index (κ3) is 5.07. The molecule has 2 unspecified atom stereocenters. The predicted octanol–water partition coefficient (Wildman–Crippen LogP) is 2.82. The Bertz CT molecular complexity index is 1060. The number of carbonyl (C=O) groups excluding carboxylic acids is 1. The molecular weight excluding hydrogens is 370 g/mol. The van der Waals surface area contributed by atoms with Crippen molar-refractivity contribution in [3.8, 4) is 0 Å². The van der Waals surface area contributed by atoms with Gasteiger partial charge in [-0.3, -0.25) is 14.4 Å². The lowest BCUT2D eigenvalue weighted by atomic mass is 9.94. The number of aromatic nitrogens is 2. The molecule has 7 heteroatoms. The fraction of sp³-hybridized carbons (Fsp3) is 0.273. The van der Waals surface area contributed by atoms with E-state index in [9.17, 15) is 19.5 Å². The molecule has 0 fully saturated rings. The highest BCUT2D eigenvalue weighted by atomic mass is 16.4. The first-order valence-electron chi connectivity index (χ1n) is 9.51. The van der Waals surface area contributed by atoms with E-state index in [1.807, 2.05) is 24.3 Å². The number of carboxylic acid groups (broad SMARTS) is 1. The molecule has 2 atom stereocenters. The van der Waals surface area contributed by atoms with Crippen molar-refractivity contribution in [1.29, 1.82) is 0 Å². The van der Waals surface area contributed by atoms with E-state index in [0.717, 1.165) is 5.56 Å². The second-order valence-corrected chi connectivity index (χ2v) is 6.97. The van der Waals surface area contributed by atoms with E-state index >= 15 is 0 Å². The molecule has 0 aliphatic rings. The fourth-order valence-electron chi connectivity index (χ4n) is 3.22. The van der Waals surface area contributed by atoms with Gasteiger partial charge in [-0.1, -0.05) is 42.5 Å². The van der Waals surface area contributed by atoms with Gasteiger partial charge in [0.25, 0.3) is 5.56 Å². The number of aliphatic carboxylic acids is 1. The van der Waals surface area contributed by atoms with E-state index in [0.29, 0.717) is 29.6 Å². The van der Waals surface area contributed by atoms with Crippen LogP contribution in [-0.4, -0.2) is 27.0 Å². The SMILES string of the molecule is CC(C(=O)O)C(NC(=O)CCCc1nc2ccccc2c(=O)[nH]1)c1ccccc1. The zero-order valence-corrected chi connectivity index (χ0v) is 16.1. The smallest absolute Gasteiger partial charge is 0.308 e. The first-order valence-corrected chi connectivity index (χ1v) is 9.51. The fourth-order valence-corrected chi connectivity index (χ4v) is 3.22. The lowest BCUT2D eigenvalue weighted by molar-refractivity contribution is -0.142. The van der Waals surface area contributed by atoms with Crippen LogP contribution in [0, 0.1) is 5.92 Å². The van der Waals surface area contributed by atoms with Crippen molar-refractivity contribution in [2.45, 2.75) is 32.2 Å². The first kappa shape index (κ1) is 20.3. The number of nitrogens with zero attached hydrogens (tertiary/aromatic N) is 1. The maximum atomic E-state index is 12.4. The van der Waals surface area contributed by atoms with Crippen LogP contribution >= 0.6 is 0 Å². The summed E-state index contributed by atoms with van der Waals surface area (Å²) in [4.78, 5) is 43.2. The third-order valence-corrected chi connectivity index (χ3v) is 4.84. The van der Waals surface area contributed by atoms with Crippen molar-refractivity contribution in [2.24, 2.45) is 5.92 Å². The quantitative estimate of drug-likeness (QED) is 0.545. The standard InChI is InChI=1S/C22H23N3O4/c1-14(22(28)29)20(15-8-3-2-4-9-15)25-19(26)13-7-12-18-23-17-11-6-5-10-16(17)21(27)24-18/h2-6,8-11,14,20H,7,12-13H2,1H3,(H,25,26)(H,28,29)(H,23,24,27). The van der Waals surface area contributed by atoms with E-state index in [1.54, 1.807) is 37.3 Å². The summed E-state index contributed by atoms with van der Waals surface area (Å²) in [5.74, 6) is -1.45. The van der Waals surface area contributed by atoms with Gasteiger partial charge in [-0.05, 0) is 31.0 Å². The number of aryl methyl sites for hydroxylation is 1. The Labute approximate surface area is 167 Å². The van der Waals surface area contributed by atoms with Crippen molar-refractivity contribution in [1.82, 2.24) is 15.3 Å². The first-order chi connectivity index (χ1) is 14.0. The minimum atomic E-state index is -0.975. The van der Waals surface area contributed by atoms with Gasteiger partial charge < -0.3 is 15.4 Å². The Morgan fingerprint density at radius 1 is 1.10 bits per heavy atom. The van der Waals surface area contributed by atoms with Gasteiger partial charge in [0.05, 0.1) is 22.9 Å². The number of amides is 1. The monoisotopic (exact) mass is 393 g/mol. The van der Waals surface area contributed by atoms with Crippen molar-refractivity contribution in [3.05, 3.63) is 76.3 Å². The molecule has 0 saturated heterocycles. The normalized spacial score (nSPS) is 13.0. The van der Waals surface area contributed by atoms with E-state index in [4.69, 9.17) is 0 Å². The number of carbonyl (C=O) groups is 2. The van der Waals surface area contributed by atoms with Gasteiger partial charge >= 0.3 is 5.97 Å². The van der Waals surface area contributed by atoms with E-state index in [-0.39, 0.29) is 17.9 Å². The van der Waals surface area contributed by atoms with Gasteiger partial charge in [-0.15, -0.1) is 0 Å². The zero-order valence-electron chi connectivity index (χ0n) is 16.1. The number of fused-ring (bicyclic) bond motifs is 1. The number of rotatable bonds is 8. The molecule has 1 aromatic heterocycles. The van der Waals surface area contributed by atoms with Crippen LogP contribution < -0.4 is 10.9 Å². The number of para-hydroxylation sites is 1. The highest BCUT2D eigenvalue weighted by Crippen LogP contribution is 2.22. The van der Waals surface area contributed by atoms with Crippen LogP contribution in [0.1, 0.15) is 37.2 Å². The average Bonchev–Trinajstić information content (AvgIpc) is 2.72. The Morgan fingerprint density at radius 2 is 1.79 bits per heavy atom. The molecule has 29 heavy (non-hydrogen) atoms. The Hall–Kier alpha value is -3.48. The van der Waals surface area contributed by atoms with Crippen molar-refractivity contribution >= 4 is 22.8 Å². The third-order valence-electron chi connectivity index (χ3n) is 4.84. The molecule has 2 aromatic carbocycles. The van der Waals surface area contributed by atoms with Crippen LogP contribution in [0.3, 0.4) is 0 Å². The minimum Gasteiger partial charge on any atom is -0.481 e. The number of H-pyrrole nitrogens is 1. The topological polar surface area (TPSA) is 112 Å². The minimum absolute atomic E-state index is 0.200. The largest absolute Gasteiger partial charge is 0.481 e. The number of carboxylic acids is 1. The van der Waals surface area contributed by atoms with Crippen LogP contribution in [-0.2, 0) is 16.0 Å². The summed E-state index contributed by atoms with van der Waals surface area (Å²) in [5, 5.41) is 12.7. The molecule has 3 aromatic rings. The molecule has 0 aliphatic heterocycles. The molecule has 3 rings (SSSR count). The molecular formula is C22H23N3O4. The Balaban J connectivity index is 1.62. The lowest BCUT2D eigenvalue weighted by Gasteiger charge is -2.23. The second kappa shape index (κ2) is 9.14. The summed E-state index contributed by atoms with van der Waals surface area (Å²) in [6.45, 7) is 1.57. The summed E-state index contributed by atoms with van der Waals surface area (Å²) >= 11 is 0. The van der Waals surface area contributed by atoms with Gasteiger partial charge in [-0.25, -0.2) is 4.98 Å². The van der Waals surface area contributed by atoms with Crippen molar-refractivity contribution < 1.29 is 14.7 Å². The number of benzene rings is 2. The summed E-state index contributed by atoms with van der Waals surface area (Å²) in [5.41, 5.74) is 1.17. The highest BCUT2D eigenvalue weighted by Gasteiger charge is 2.26. The Kier molecular flexibility index (Phi) is 6.39. The molecule has 0 aliphatic carbocycles. The van der Waals surface area contributed by atoms with E-state index in [1.165, 1.54) is 0 Å². The molecule has 1 amide bonds. The lowest BCUT2D eigenvalue weighted by Crippen LogP contribution is -2.35. The number of nitrogens with one attached hydrogen (secondary N) is 2.